The average molecular weight is 231 g/mol. The molecule has 16 heavy (non-hydrogen) atoms. The molecule has 0 atom stereocenters. The van der Waals surface area contributed by atoms with Crippen molar-refractivity contribution in [3.05, 3.63) is 0 Å². The summed E-state index contributed by atoms with van der Waals surface area (Å²) in [5, 5.41) is 10.9. The number of carbonyl (C=O) groups excluding carboxylic acids is 2. The van der Waals surface area contributed by atoms with E-state index in [-0.39, 0.29) is 6.54 Å². The Bertz CT molecular complexity index is 296. The number of carboxylic acid groups (broad SMARTS) is 1. The van der Waals surface area contributed by atoms with Gasteiger partial charge in [0.05, 0.1) is 6.54 Å². The number of nitrogens with two attached hydrogens (primary N) is 1. The Morgan fingerprint density at radius 3 is 2.12 bits per heavy atom. The molecule has 0 aromatic carbocycles. The third kappa shape index (κ3) is 5.18. The topological polar surface area (TPSA) is 113 Å². The summed E-state index contributed by atoms with van der Waals surface area (Å²) in [4.78, 5) is 33.7. The number of nitrogens with one attached hydrogen (secondary N) is 1. The summed E-state index contributed by atoms with van der Waals surface area (Å²) in [6.45, 7) is 4.33. The minimum absolute atomic E-state index is 0.314. The molecule has 0 aliphatic rings. The predicted octanol–water partition coefficient (Wildman–Crippen LogP) is -0.634. The first kappa shape index (κ1) is 14.2. The monoisotopic (exact) mass is 231 g/mol. The Balaban J connectivity index is 4.57. The standard InChI is InChI=1S/C9H17N3O4/c1-9(2,3)12(5-7(14)15)8(16)11-4-6(10)13/h4-5H2,1-3H3,(H2,10,13)(H,11,16)(H,14,15). The van der Waals surface area contributed by atoms with E-state index < -0.39 is 30.0 Å². The van der Waals surface area contributed by atoms with Crippen molar-refractivity contribution in [1.29, 1.82) is 0 Å². The van der Waals surface area contributed by atoms with E-state index in [4.69, 9.17) is 10.8 Å². The van der Waals surface area contributed by atoms with Crippen LogP contribution < -0.4 is 11.1 Å². The minimum atomic E-state index is -1.12. The molecule has 0 aliphatic carbocycles. The fraction of sp³-hybridized carbons (Fsp3) is 0.667. The van der Waals surface area contributed by atoms with E-state index in [1.807, 2.05) is 0 Å². The van der Waals surface area contributed by atoms with Gasteiger partial charge in [0.2, 0.25) is 5.91 Å². The number of hydrogen-bond donors (Lipinski definition) is 3. The lowest BCUT2D eigenvalue weighted by Crippen LogP contribution is -2.53. The first-order chi connectivity index (χ1) is 7.14. The van der Waals surface area contributed by atoms with Crippen molar-refractivity contribution in [3.63, 3.8) is 0 Å². The highest BCUT2D eigenvalue weighted by Crippen LogP contribution is 2.12. The number of nitrogens with zero attached hydrogens (tertiary/aromatic N) is 1. The van der Waals surface area contributed by atoms with E-state index >= 15 is 0 Å². The van der Waals surface area contributed by atoms with Gasteiger partial charge in [-0.1, -0.05) is 0 Å². The number of rotatable bonds is 4. The molecule has 0 aromatic heterocycles. The van der Waals surface area contributed by atoms with Gasteiger partial charge in [0.25, 0.3) is 0 Å². The number of amides is 3. The molecule has 7 nitrogen and oxygen atoms in total. The van der Waals surface area contributed by atoms with Gasteiger partial charge in [-0.05, 0) is 20.8 Å². The maximum absolute atomic E-state index is 11.6. The van der Waals surface area contributed by atoms with Crippen LogP contribution in [0.15, 0.2) is 0 Å². The van der Waals surface area contributed by atoms with Crippen LogP contribution in [-0.4, -0.2) is 46.5 Å². The number of urea groups is 1. The Hall–Kier alpha value is -1.79. The highest BCUT2D eigenvalue weighted by molar-refractivity contribution is 5.85. The molecule has 0 saturated heterocycles. The maximum atomic E-state index is 11.6. The van der Waals surface area contributed by atoms with E-state index in [1.165, 1.54) is 0 Å². The molecule has 0 aromatic rings. The fourth-order valence-electron chi connectivity index (χ4n) is 1.01. The van der Waals surface area contributed by atoms with Crippen molar-refractivity contribution in [3.8, 4) is 0 Å². The number of carboxylic acids is 1. The van der Waals surface area contributed by atoms with E-state index in [2.05, 4.69) is 5.32 Å². The van der Waals surface area contributed by atoms with Crippen LogP contribution in [0.3, 0.4) is 0 Å². The summed E-state index contributed by atoms with van der Waals surface area (Å²) >= 11 is 0. The van der Waals surface area contributed by atoms with Crippen molar-refractivity contribution >= 4 is 17.9 Å². The van der Waals surface area contributed by atoms with E-state index in [0.29, 0.717) is 0 Å². The quantitative estimate of drug-likeness (QED) is 0.597. The third-order valence-corrected chi connectivity index (χ3v) is 1.76. The van der Waals surface area contributed by atoms with Crippen LogP contribution in [0, 0.1) is 0 Å². The minimum Gasteiger partial charge on any atom is -0.480 e. The largest absolute Gasteiger partial charge is 0.480 e. The summed E-state index contributed by atoms with van der Waals surface area (Å²) in [6, 6.07) is -0.631. The Morgan fingerprint density at radius 1 is 1.31 bits per heavy atom. The van der Waals surface area contributed by atoms with Crippen LogP contribution in [0.5, 0.6) is 0 Å². The van der Waals surface area contributed by atoms with Crippen molar-refractivity contribution in [1.82, 2.24) is 10.2 Å². The van der Waals surface area contributed by atoms with Gasteiger partial charge in [-0.15, -0.1) is 0 Å². The van der Waals surface area contributed by atoms with Crippen LogP contribution in [-0.2, 0) is 9.59 Å². The van der Waals surface area contributed by atoms with Crippen LogP contribution >= 0.6 is 0 Å². The molecular weight excluding hydrogens is 214 g/mol. The molecule has 92 valence electrons. The summed E-state index contributed by atoms with van der Waals surface area (Å²) in [5.74, 6) is -1.80. The molecule has 0 fully saturated rings. The van der Waals surface area contributed by atoms with Gasteiger partial charge >= 0.3 is 12.0 Å². The lowest BCUT2D eigenvalue weighted by Gasteiger charge is -2.34. The Morgan fingerprint density at radius 2 is 1.81 bits per heavy atom. The smallest absolute Gasteiger partial charge is 0.323 e. The normalized spacial score (nSPS) is 10.7. The summed E-state index contributed by atoms with van der Waals surface area (Å²) in [5.41, 5.74) is 4.21. The first-order valence-electron chi connectivity index (χ1n) is 4.70. The molecule has 0 unspecified atom stereocenters. The number of primary amides is 1. The van der Waals surface area contributed by atoms with Gasteiger partial charge in [-0.2, -0.15) is 0 Å². The van der Waals surface area contributed by atoms with Crippen molar-refractivity contribution in [2.75, 3.05) is 13.1 Å². The Kier molecular flexibility index (Phi) is 4.74. The number of hydrogen-bond acceptors (Lipinski definition) is 3. The average Bonchev–Trinajstić information content (AvgIpc) is 2.08. The second kappa shape index (κ2) is 5.34. The molecule has 0 bridgehead atoms. The fourth-order valence-corrected chi connectivity index (χ4v) is 1.01. The molecule has 0 heterocycles. The highest BCUT2D eigenvalue weighted by Gasteiger charge is 2.28. The molecule has 7 heteroatoms. The van der Waals surface area contributed by atoms with E-state index in [1.54, 1.807) is 20.8 Å². The summed E-state index contributed by atoms with van der Waals surface area (Å²) < 4.78 is 0. The summed E-state index contributed by atoms with van der Waals surface area (Å²) in [6.07, 6.45) is 0. The molecule has 3 amide bonds. The SMILES string of the molecule is CC(C)(C)N(CC(=O)O)C(=O)NCC(N)=O. The number of carbonyl (C=O) groups is 3. The van der Waals surface area contributed by atoms with Crippen LogP contribution in [0.2, 0.25) is 0 Å². The van der Waals surface area contributed by atoms with Crippen molar-refractivity contribution in [2.24, 2.45) is 5.73 Å². The number of aliphatic carboxylic acids is 1. The van der Waals surface area contributed by atoms with Gasteiger partial charge in [0, 0.05) is 5.54 Å². The van der Waals surface area contributed by atoms with E-state index in [0.717, 1.165) is 4.90 Å². The third-order valence-electron chi connectivity index (χ3n) is 1.76. The zero-order valence-corrected chi connectivity index (χ0v) is 9.61. The predicted molar refractivity (Wildman–Crippen MR) is 56.7 cm³/mol. The molecule has 0 radical (unpaired) electrons. The van der Waals surface area contributed by atoms with Crippen LogP contribution in [0.1, 0.15) is 20.8 Å². The zero-order chi connectivity index (χ0) is 12.9. The highest BCUT2D eigenvalue weighted by atomic mass is 16.4. The molecular formula is C9H17N3O4. The van der Waals surface area contributed by atoms with Crippen LogP contribution in [0.25, 0.3) is 0 Å². The summed E-state index contributed by atoms with van der Waals surface area (Å²) in [7, 11) is 0. The maximum Gasteiger partial charge on any atom is 0.323 e. The lowest BCUT2D eigenvalue weighted by molar-refractivity contribution is -0.138. The molecule has 4 N–H and O–H groups in total. The van der Waals surface area contributed by atoms with E-state index in [9.17, 15) is 14.4 Å². The zero-order valence-electron chi connectivity index (χ0n) is 9.61. The van der Waals surface area contributed by atoms with Gasteiger partial charge in [0.1, 0.15) is 6.54 Å². The van der Waals surface area contributed by atoms with Crippen molar-refractivity contribution in [2.45, 2.75) is 26.3 Å². The molecule has 0 rings (SSSR count). The lowest BCUT2D eigenvalue weighted by atomic mass is 10.1. The Labute approximate surface area is 93.6 Å². The molecule has 0 spiro atoms. The van der Waals surface area contributed by atoms with Gasteiger partial charge in [-0.25, -0.2) is 4.79 Å². The van der Waals surface area contributed by atoms with Gasteiger partial charge in [0.15, 0.2) is 0 Å². The molecule has 0 aliphatic heterocycles. The molecule has 0 saturated carbocycles. The van der Waals surface area contributed by atoms with Crippen LogP contribution in [0.4, 0.5) is 4.79 Å². The van der Waals surface area contributed by atoms with Crippen molar-refractivity contribution < 1.29 is 19.5 Å². The van der Waals surface area contributed by atoms with Gasteiger partial charge in [-0.3, -0.25) is 9.59 Å². The first-order valence-corrected chi connectivity index (χ1v) is 4.70. The second-order valence-corrected chi connectivity index (χ2v) is 4.28. The second-order valence-electron chi connectivity index (χ2n) is 4.28. The van der Waals surface area contributed by atoms with Gasteiger partial charge < -0.3 is 21.1 Å².